The van der Waals surface area contributed by atoms with Crippen molar-refractivity contribution in [1.82, 2.24) is 10.6 Å². The Balaban J connectivity index is 1.70. The maximum absolute atomic E-state index is 12.8. The molecule has 114 valence electrons. The molecule has 1 amide bonds. The van der Waals surface area contributed by atoms with Gasteiger partial charge in [0.2, 0.25) is 5.91 Å². The summed E-state index contributed by atoms with van der Waals surface area (Å²) < 4.78 is 0. The first-order chi connectivity index (χ1) is 10.2. The molecule has 0 radical (unpaired) electrons. The van der Waals surface area contributed by atoms with Gasteiger partial charge in [0.25, 0.3) is 0 Å². The molecular formula is C18H26N2O. The predicted octanol–water partition coefficient (Wildman–Crippen LogP) is 2.54. The van der Waals surface area contributed by atoms with Crippen LogP contribution in [0.4, 0.5) is 0 Å². The van der Waals surface area contributed by atoms with E-state index in [0.29, 0.717) is 17.9 Å². The first kappa shape index (κ1) is 14.6. The number of rotatable bonds is 4. The molecule has 3 unspecified atom stereocenters. The van der Waals surface area contributed by atoms with Crippen molar-refractivity contribution in [3.8, 4) is 0 Å². The lowest BCUT2D eigenvalue weighted by molar-refractivity contribution is -0.124. The Morgan fingerprint density at radius 2 is 1.95 bits per heavy atom. The van der Waals surface area contributed by atoms with Crippen LogP contribution < -0.4 is 10.6 Å². The molecule has 1 aliphatic heterocycles. The quantitative estimate of drug-likeness (QED) is 0.893. The summed E-state index contributed by atoms with van der Waals surface area (Å²) in [5, 5.41) is 6.81. The van der Waals surface area contributed by atoms with Crippen molar-refractivity contribution < 1.29 is 4.79 Å². The fraction of sp³-hybridized carbons (Fsp3) is 0.611. The lowest BCUT2D eigenvalue weighted by Gasteiger charge is -2.25. The largest absolute Gasteiger partial charge is 0.352 e. The van der Waals surface area contributed by atoms with Gasteiger partial charge in [0.15, 0.2) is 0 Å². The van der Waals surface area contributed by atoms with Crippen molar-refractivity contribution in [3.63, 3.8) is 0 Å². The third-order valence-corrected chi connectivity index (χ3v) is 5.19. The smallest absolute Gasteiger partial charge is 0.228 e. The van der Waals surface area contributed by atoms with Crippen LogP contribution in [0.2, 0.25) is 0 Å². The molecule has 0 aromatic heterocycles. The fourth-order valence-electron chi connectivity index (χ4n) is 4.10. The Hall–Kier alpha value is -1.35. The molecule has 1 saturated heterocycles. The maximum atomic E-state index is 12.8. The van der Waals surface area contributed by atoms with Crippen LogP contribution in [-0.4, -0.2) is 25.0 Å². The van der Waals surface area contributed by atoms with E-state index in [0.717, 1.165) is 31.0 Å². The highest BCUT2D eigenvalue weighted by Gasteiger charge is 2.40. The van der Waals surface area contributed by atoms with Gasteiger partial charge in [0.1, 0.15) is 0 Å². The van der Waals surface area contributed by atoms with Crippen LogP contribution in [0.25, 0.3) is 0 Å². The number of nitrogens with one attached hydrogen (secondary N) is 2. The molecule has 3 rings (SSSR count). The van der Waals surface area contributed by atoms with Gasteiger partial charge in [-0.25, -0.2) is 0 Å². The SMILES string of the molecule is CC(C)C(C(=O)NC1CC[C@H]2CNCC12)c1ccccc1. The molecule has 2 N–H and O–H groups in total. The highest BCUT2D eigenvalue weighted by Crippen LogP contribution is 2.35. The first-order valence-electron chi connectivity index (χ1n) is 8.23. The number of carbonyl (C=O) groups is 1. The minimum absolute atomic E-state index is 0.0420. The van der Waals surface area contributed by atoms with E-state index in [-0.39, 0.29) is 11.8 Å². The molecule has 2 aliphatic rings. The summed E-state index contributed by atoms with van der Waals surface area (Å²) in [5.41, 5.74) is 1.13. The van der Waals surface area contributed by atoms with E-state index >= 15 is 0 Å². The van der Waals surface area contributed by atoms with Gasteiger partial charge in [-0.3, -0.25) is 4.79 Å². The second-order valence-corrected chi connectivity index (χ2v) is 6.91. The second-order valence-electron chi connectivity index (χ2n) is 6.91. The average molecular weight is 286 g/mol. The first-order valence-corrected chi connectivity index (χ1v) is 8.23. The lowest BCUT2D eigenvalue weighted by atomic mass is 9.87. The van der Waals surface area contributed by atoms with Crippen LogP contribution in [0.5, 0.6) is 0 Å². The molecular weight excluding hydrogens is 260 g/mol. The fourth-order valence-corrected chi connectivity index (χ4v) is 4.10. The number of hydrogen-bond donors (Lipinski definition) is 2. The zero-order chi connectivity index (χ0) is 14.8. The van der Waals surface area contributed by atoms with Crippen molar-refractivity contribution in [3.05, 3.63) is 35.9 Å². The highest BCUT2D eigenvalue weighted by molar-refractivity contribution is 5.84. The van der Waals surface area contributed by atoms with Gasteiger partial charge < -0.3 is 10.6 Å². The van der Waals surface area contributed by atoms with Gasteiger partial charge in [-0.1, -0.05) is 44.2 Å². The molecule has 1 saturated carbocycles. The van der Waals surface area contributed by atoms with Crippen molar-refractivity contribution in [1.29, 1.82) is 0 Å². The summed E-state index contributed by atoms with van der Waals surface area (Å²) in [4.78, 5) is 12.8. The van der Waals surface area contributed by atoms with Crippen molar-refractivity contribution in [2.45, 2.75) is 38.6 Å². The van der Waals surface area contributed by atoms with Crippen LogP contribution in [0.3, 0.4) is 0 Å². The standard InChI is InChI=1S/C18H26N2O/c1-12(2)17(13-6-4-3-5-7-13)18(21)20-16-9-8-14-10-19-11-15(14)16/h3-7,12,14-17,19H,8-11H2,1-2H3,(H,20,21)/t14-,15?,16?,17?/m0/s1. The molecule has 0 spiro atoms. The monoisotopic (exact) mass is 286 g/mol. The second kappa shape index (κ2) is 6.18. The summed E-state index contributed by atoms with van der Waals surface area (Å²) >= 11 is 0. The summed E-state index contributed by atoms with van der Waals surface area (Å²) in [6, 6.07) is 10.5. The maximum Gasteiger partial charge on any atom is 0.228 e. The third-order valence-electron chi connectivity index (χ3n) is 5.19. The van der Waals surface area contributed by atoms with Gasteiger partial charge >= 0.3 is 0 Å². The van der Waals surface area contributed by atoms with Crippen LogP contribution in [0.1, 0.15) is 38.2 Å². The van der Waals surface area contributed by atoms with Crippen LogP contribution >= 0.6 is 0 Å². The summed E-state index contributed by atoms with van der Waals surface area (Å²) in [6.45, 7) is 6.45. The van der Waals surface area contributed by atoms with Crippen LogP contribution in [0.15, 0.2) is 30.3 Å². The van der Waals surface area contributed by atoms with E-state index in [1.807, 2.05) is 18.2 Å². The third kappa shape index (κ3) is 2.98. The van der Waals surface area contributed by atoms with Crippen LogP contribution in [-0.2, 0) is 4.79 Å². The van der Waals surface area contributed by atoms with Gasteiger partial charge in [-0.05, 0) is 42.7 Å². The Morgan fingerprint density at radius 3 is 2.67 bits per heavy atom. The average Bonchev–Trinajstić information content (AvgIpc) is 3.05. The molecule has 21 heavy (non-hydrogen) atoms. The molecule has 1 heterocycles. The zero-order valence-electron chi connectivity index (χ0n) is 13.0. The summed E-state index contributed by atoms with van der Waals surface area (Å²) in [7, 11) is 0. The Morgan fingerprint density at radius 1 is 1.19 bits per heavy atom. The van der Waals surface area contributed by atoms with Crippen molar-refractivity contribution in [2.24, 2.45) is 17.8 Å². The number of benzene rings is 1. The minimum atomic E-state index is -0.0420. The predicted molar refractivity (Wildman–Crippen MR) is 85.0 cm³/mol. The zero-order valence-corrected chi connectivity index (χ0v) is 13.0. The Labute approximate surface area is 127 Å². The number of amides is 1. The normalized spacial score (nSPS) is 29.4. The molecule has 3 nitrogen and oxygen atoms in total. The topological polar surface area (TPSA) is 41.1 Å². The number of fused-ring (bicyclic) bond motifs is 1. The van der Waals surface area contributed by atoms with Crippen molar-refractivity contribution in [2.75, 3.05) is 13.1 Å². The Kier molecular flexibility index (Phi) is 4.29. The van der Waals surface area contributed by atoms with Gasteiger partial charge in [-0.2, -0.15) is 0 Å². The van der Waals surface area contributed by atoms with Gasteiger partial charge in [-0.15, -0.1) is 0 Å². The highest BCUT2D eigenvalue weighted by atomic mass is 16.2. The molecule has 3 heteroatoms. The van der Waals surface area contributed by atoms with E-state index in [4.69, 9.17) is 0 Å². The molecule has 2 fully saturated rings. The number of hydrogen-bond acceptors (Lipinski definition) is 2. The summed E-state index contributed by atoms with van der Waals surface area (Å²) in [6.07, 6.45) is 2.39. The Bertz CT molecular complexity index is 485. The van der Waals surface area contributed by atoms with E-state index < -0.39 is 0 Å². The lowest BCUT2D eigenvalue weighted by Crippen LogP contribution is -2.42. The molecule has 4 atom stereocenters. The molecule has 1 aliphatic carbocycles. The van der Waals surface area contributed by atoms with Gasteiger partial charge in [0.05, 0.1) is 5.92 Å². The van der Waals surface area contributed by atoms with E-state index in [1.165, 1.54) is 6.42 Å². The van der Waals surface area contributed by atoms with E-state index in [2.05, 4.69) is 36.6 Å². The molecule has 0 bridgehead atoms. The molecule has 1 aromatic carbocycles. The van der Waals surface area contributed by atoms with Crippen LogP contribution in [0, 0.1) is 17.8 Å². The van der Waals surface area contributed by atoms with E-state index in [1.54, 1.807) is 0 Å². The van der Waals surface area contributed by atoms with Crippen molar-refractivity contribution >= 4 is 5.91 Å². The summed E-state index contributed by atoms with van der Waals surface area (Å²) in [5.74, 6) is 1.88. The molecule has 1 aromatic rings. The van der Waals surface area contributed by atoms with Gasteiger partial charge in [0, 0.05) is 12.6 Å². The number of carbonyl (C=O) groups excluding carboxylic acids is 1. The van der Waals surface area contributed by atoms with E-state index in [9.17, 15) is 4.79 Å². The minimum Gasteiger partial charge on any atom is -0.352 e.